The van der Waals surface area contributed by atoms with Gasteiger partial charge in [-0.3, -0.25) is 0 Å². The van der Waals surface area contributed by atoms with E-state index in [-0.39, 0.29) is 17.7 Å². The van der Waals surface area contributed by atoms with Crippen molar-refractivity contribution in [1.29, 1.82) is 0 Å². The van der Waals surface area contributed by atoms with Gasteiger partial charge in [0, 0.05) is 31.4 Å². The van der Waals surface area contributed by atoms with Gasteiger partial charge in [-0.1, -0.05) is 0 Å². The van der Waals surface area contributed by atoms with E-state index in [9.17, 15) is 0 Å². The van der Waals surface area contributed by atoms with Crippen LogP contribution in [0.25, 0.3) is 0 Å². The number of aromatic nitrogens is 1. The normalized spacial score (nSPS) is 23.4. The van der Waals surface area contributed by atoms with Crippen LogP contribution in [-0.2, 0) is 11.3 Å². The first-order valence-electron chi connectivity index (χ1n) is 7.85. The van der Waals surface area contributed by atoms with E-state index in [4.69, 9.17) is 9.72 Å². The van der Waals surface area contributed by atoms with Crippen LogP contribution in [0.1, 0.15) is 45.7 Å². The molecule has 0 bridgehead atoms. The molecule has 118 valence electrons. The van der Waals surface area contributed by atoms with Crippen LogP contribution >= 0.6 is 0 Å². The fourth-order valence-electron chi connectivity index (χ4n) is 2.77. The van der Waals surface area contributed by atoms with Gasteiger partial charge in [0.15, 0.2) is 0 Å². The second kappa shape index (κ2) is 6.32. The molecule has 0 amide bonds. The van der Waals surface area contributed by atoms with E-state index >= 15 is 0 Å². The van der Waals surface area contributed by atoms with Gasteiger partial charge >= 0.3 is 0 Å². The van der Waals surface area contributed by atoms with Gasteiger partial charge in [0.2, 0.25) is 0 Å². The third-order valence-corrected chi connectivity index (χ3v) is 3.65. The first-order chi connectivity index (χ1) is 9.74. The molecule has 0 aromatic carbocycles. The molecule has 2 rings (SSSR count). The van der Waals surface area contributed by atoms with Crippen LogP contribution in [0.4, 0.5) is 5.82 Å². The molecule has 1 aromatic heterocycles. The highest BCUT2D eigenvalue weighted by Gasteiger charge is 2.24. The van der Waals surface area contributed by atoms with Crippen LogP contribution in [0.15, 0.2) is 12.3 Å². The number of anilines is 1. The number of morpholine rings is 1. The average molecular weight is 291 g/mol. The summed E-state index contributed by atoms with van der Waals surface area (Å²) < 4.78 is 5.80. The summed E-state index contributed by atoms with van der Waals surface area (Å²) in [6, 6.07) is 2.24. The molecule has 4 heteroatoms. The van der Waals surface area contributed by atoms with Crippen LogP contribution in [-0.4, -0.2) is 35.8 Å². The number of rotatable bonds is 3. The van der Waals surface area contributed by atoms with Crippen LogP contribution < -0.4 is 10.2 Å². The summed E-state index contributed by atoms with van der Waals surface area (Å²) in [4.78, 5) is 7.04. The third kappa shape index (κ3) is 4.68. The Bertz CT molecular complexity index is 471. The average Bonchev–Trinajstić information content (AvgIpc) is 2.34. The van der Waals surface area contributed by atoms with Gasteiger partial charge < -0.3 is 15.0 Å². The number of hydrogen-bond donors (Lipinski definition) is 1. The highest BCUT2D eigenvalue weighted by molar-refractivity contribution is 5.48. The summed E-state index contributed by atoms with van der Waals surface area (Å²) in [5.41, 5.74) is 2.60. The van der Waals surface area contributed by atoms with Crippen LogP contribution in [0, 0.1) is 6.92 Å². The molecule has 1 fully saturated rings. The maximum Gasteiger partial charge on any atom is 0.131 e. The minimum Gasteiger partial charge on any atom is -0.372 e. The third-order valence-electron chi connectivity index (χ3n) is 3.65. The quantitative estimate of drug-likeness (QED) is 0.929. The number of hydrogen-bond acceptors (Lipinski definition) is 4. The van der Waals surface area contributed by atoms with Crippen molar-refractivity contribution < 1.29 is 4.74 Å². The van der Waals surface area contributed by atoms with E-state index < -0.39 is 0 Å². The van der Waals surface area contributed by atoms with Crippen molar-refractivity contribution in [1.82, 2.24) is 10.3 Å². The van der Waals surface area contributed by atoms with E-state index in [1.165, 1.54) is 11.1 Å². The molecule has 1 aromatic rings. The van der Waals surface area contributed by atoms with Crippen molar-refractivity contribution in [2.24, 2.45) is 0 Å². The molecule has 0 radical (unpaired) electrons. The Morgan fingerprint density at radius 2 is 1.90 bits per heavy atom. The zero-order chi connectivity index (χ0) is 15.6. The topological polar surface area (TPSA) is 37.4 Å². The highest BCUT2D eigenvalue weighted by atomic mass is 16.5. The van der Waals surface area contributed by atoms with Gasteiger partial charge in [0.25, 0.3) is 0 Å². The fraction of sp³-hybridized carbons (Fsp3) is 0.706. The number of ether oxygens (including phenoxy) is 1. The van der Waals surface area contributed by atoms with Crippen LogP contribution in [0.5, 0.6) is 0 Å². The number of aryl methyl sites for hydroxylation is 1. The standard InChI is InChI=1S/C17H29N3O/c1-12-7-15(9-19-17(4,5)6)8-18-16(12)20-10-13(2)21-14(3)11-20/h7-8,13-14,19H,9-11H2,1-6H3. The minimum atomic E-state index is 0.127. The van der Waals surface area contributed by atoms with Gasteiger partial charge in [-0.15, -0.1) is 0 Å². The van der Waals surface area contributed by atoms with Crippen LogP contribution in [0.2, 0.25) is 0 Å². The number of nitrogens with one attached hydrogen (secondary N) is 1. The van der Waals surface area contributed by atoms with Crippen molar-refractivity contribution in [3.05, 3.63) is 23.4 Å². The van der Waals surface area contributed by atoms with Gasteiger partial charge in [-0.2, -0.15) is 0 Å². The molecule has 0 saturated carbocycles. The number of pyridine rings is 1. The molecule has 4 nitrogen and oxygen atoms in total. The summed E-state index contributed by atoms with van der Waals surface area (Å²) in [5, 5.41) is 3.50. The molecule has 1 saturated heterocycles. The van der Waals surface area contributed by atoms with Crippen LogP contribution in [0.3, 0.4) is 0 Å². The molecule has 0 spiro atoms. The minimum absolute atomic E-state index is 0.127. The summed E-state index contributed by atoms with van der Waals surface area (Å²) in [6.45, 7) is 15.6. The molecule has 0 aliphatic carbocycles. The Hall–Kier alpha value is -1.13. The van der Waals surface area contributed by atoms with E-state index in [0.29, 0.717) is 0 Å². The summed E-state index contributed by atoms with van der Waals surface area (Å²) >= 11 is 0. The zero-order valence-corrected chi connectivity index (χ0v) is 14.2. The van der Waals surface area contributed by atoms with Gasteiger partial charge in [-0.25, -0.2) is 4.98 Å². The maximum absolute atomic E-state index is 5.80. The lowest BCUT2D eigenvalue weighted by Crippen LogP contribution is -2.46. The molecule has 2 unspecified atom stereocenters. The van der Waals surface area contributed by atoms with Crippen molar-refractivity contribution in [2.45, 2.75) is 65.8 Å². The van der Waals surface area contributed by atoms with Gasteiger partial charge in [0.1, 0.15) is 5.82 Å². The second-order valence-electron chi connectivity index (χ2n) is 7.25. The SMILES string of the molecule is Cc1cc(CNC(C)(C)C)cnc1N1CC(C)OC(C)C1. The van der Waals surface area contributed by atoms with E-state index in [0.717, 1.165) is 25.5 Å². The highest BCUT2D eigenvalue weighted by Crippen LogP contribution is 2.22. The Labute approximate surface area is 128 Å². The molecule has 2 heterocycles. The summed E-state index contributed by atoms with van der Waals surface area (Å²) in [6.07, 6.45) is 2.51. The van der Waals surface area contributed by atoms with Crippen molar-refractivity contribution >= 4 is 5.82 Å². The van der Waals surface area contributed by atoms with Crippen molar-refractivity contribution in [2.75, 3.05) is 18.0 Å². The van der Waals surface area contributed by atoms with Gasteiger partial charge in [-0.05, 0) is 58.7 Å². The van der Waals surface area contributed by atoms with E-state index in [1.807, 2.05) is 6.20 Å². The first-order valence-corrected chi connectivity index (χ1v) is 7.85. The number of nitrogens with zero attached hydrogens (tertiary/aromatic N) is 2. The lowest BCUT2D eigenvalue weighted by molar-refractivity contribution is -0.00549. The molecule has 1 N–H and O–H groups in total. The smallest absolute Gasteiger partial charge is 0.131 e. The summed E-state index contributed by atoms with van der Waals surface area (Å²) in [7, 11) is 0. The Kier molecular flexibility index (Phi) is 4.89. The first kappa shape index (κ1) is 16.2. The zero-order valence-electron chi connectivity index (χ0n) is 14.2. The molecule has 2 atom stereocenters. The van der Waals surface area contributed by atoms with Crippen molar-refractivity contribution in [3.63, 3.8) is 0 Å². The lowest BCUT2D eigenvalue weighted by Gasteiger charge is -2.36. The Balaban J connectivity index is 2.08. The molecular weight excluding hydrogens is 262 g/mol. The lowest BCUT2D eigenvalue weighted by atomic mass is 10.1. The summed E-state index contributed by atoms with van der Waals surface area (Å²) in [5.74, 6) is 1.09. The van der Waals surface area contributed by atoms with E-state index in [2.05, 4.69) is 57.8 Å². The largest absolute Gasteiger partial charge is 0.372 e. The predicted octanol–water partition coefficient (Wildman–Crippen LogP) is 2.89. The van der Waals surface area contributed by atoms with E-state index in [1.54, 1.807) is 0 Å². The van der Waals surface area contributed by atoms with Crippen molar-refractivity contribution in [3.8, 4) is 0 Å². The van der Waals surface area contributed by atoms with Gasteiger partial charge in [0.05, 0.1) is 12.2 Å². The predicted molar refractivity (Wildman–Crippen MR) is 87.8 cm³/mol. The monoisotopic (exact) mass is 291 g/mol. The molecular formula is C17H29N3O. The maximum atomic E-state index is 5.80. The molecule has 1 aliphatic heterocycles. The Morgan fingerprint density at radius 1 is 1.29 bits per heavy atom. The molecule has 21 heavy (non-hydrogen) atoms. The fourth-order valence-corrected chi connectivity index (χ4v) is 2.77. The Morgan fingerprint density at radius 3 is 2.43 bits per heavy atom. The second-order valence-corrected chi connectivity index (χ2v) is 7.25. The molecule has 1 aliphatic rings.